The molecule has 0 aliphatic carbocycles. The fourth-order valence-corrected chi connectivity index (χ4v) is 1.09. The van der Waals surface area contributed by atoms with Crippen molar-refractivity contribution in [2.75, 3.05) is 0 Å². The lowest BCUT2D eigenvalue weighted by atomic mass is 10.2. The van der Waals surface area contributed by atoms with Gasteiger partial charge in [-0.1, -0.05) is 0 Å². The Morgan fingerprint density at radius 3 is 3.08 bits per heavy atom. The highest BCUT2D eigenvalue weighted by molar-refractivity contribution is 5.76. The zero-order chi connectivity index (χ0) is 8.55. The van der Waals surface area contributed by atoms with Gasteiger partial charge in [0.25, 0.3) is 0 Å². The van der Waals surface area contributed by atoms with Crippen molar-refractivity contribution in [2.45, 2.75) is 0 Å². The Morgan fingerprint density at radius 2 is 2.33 bits per heavy atom. The molecule has 0 saturated heterocycles. The van der Waals surface area contributed by atoms with E-state index in [0.29, 0.717) is 0 Å². The highest BCUT2D eigenvalue weighted by Gasteiger charge is 2.04. The van der Waals surface area contributed by atoms with Crippen LogP contribution in [0.1, 0.15) is 0 Å². The molecule has 0 bridgehead atoms. The van der Waals surface area contributed by atoms with Crippen LogP contribution in [0, 0.1) is 0 Å². The van der Waals surface area contributed by atoms with Crippen molar-refractivity contribution in [1.82, 2.24) is 9.55 Å². The van der Waals surface area contributed by atoms with Gasteiger partial charge in [-0.05, 0) is 12.1 Å². The summed E-state index contributed by atoms with van der Waals surface area (Å²) >= 11 is 0. The molecular weight excluding hydrogens is 154 g/mol. The van der Waals surface area contributed by atoms with Gasteiger partial charge >= 0.3 is 6.03 Å². The number of nitrogens with zero attached hydrogens (tertiary/aromatic N) is 2. The fraction of sp³-hybridized carbons (Fsp3) is 0. The lowest BCUT2D eigenvalue weighted by molar-refractivity contribution is 0.250. The summed E-state index contributed by atoms with van der Waals surface area (Å²) in [5.41, 5.74) is 6.86. The molecule has 4 heteroatoms. The highest BCUT2D eigenvalue weighted by Crippen LogP contribution is 2.17. The largest absolute Gasteiger partial charge is 0.351 e. The molecule has 0 spiro atoms. The van der Waals surface area contributed by atoms with Crippen molar-refractivity contribution in [3.05, 3.63) is 30.7 Å². The van der Waals surface area contributed by atoms with Crippen LogP contribution in [0.15, 0.2) is 30.7 Å². The summed E-state index contributed by atoms with van der Waals surface area (Å²) in [6.07, 6.45) is 4.94. The van der Waals surface area contributed by atoms with Gasteiger partial charge in [0.15, 0.2) is 0 Å². The van der Waals surface area contributed by atoms with Crippen molar-refractivity contribution in [3.63, 3.8) is 0 Å². The van der Waals surface area contributed by atoms with Crippen LogP contribution < -0.4 is 5.73 Å². The summed E-state index contributed by atoms with van der Waals surface area (Å²) in [4.78, 5) is 14.8. The number of carbonyl (C=O) groups excluding carboxylic acids is 1. The first-order chi connectivity index (χ1) is 5.77. The first kappa shape index (κ1) is 6.84. The Labute approximate surface area is 69.0 Å². The minimum atomic E-state index is -0.488. The Bertz CT molecular complexity index is 393. The molecule has 0 saturated carbocycles. The molecule has 1 amide bonds. The van der Waals surface area contributed by atoms with Crippen molar-refractivity contribution >= 4 is 6.03 Å². The first-order valence-corrected chi connectivity index (χ1v) is 3.50. The molecule has 2 heterocycles. The number of nitrogens with two attached hydrogens (primary N) is 1. The average molecular weight is 161 g/mol. The maximum Gasteiger partial charge on any atom is 0.322 e. The summed E-state index contributed by atoms with van der Waals surface area (Å²) < 4.78 is 1.32. The predicted molar refractivity (Wildman–Crippen MR) is 43.8 cm³/mol. The predicted octanol–water partition coefficient (Wildman–Crippen LogP) is 0.915. The second-order valence-electron chi connectivity index (χ2n) is 2.48. The van der Waals surface area contributed by atoms with E-state index in [4.69, 9.17) is 5.73 Å². The summed E-state index contributed by atoms with van der Waals surface area (Å²) in [5.74, 6) is 0. The summed E-state index contributed by atoms with van der Waals surface area (Å²) in [6.45, 7) is 0. The van der Waals surface area contributed by atoms with E-state index in [-0.39, 0.29) is 0 Å². The fourth-order valence-electron chi connectivity index (χ4n) is 1.09. The number of carbonyl (C=O) groups is 1. The van der Waals surface area contributed by atoms with Gasteiger partial charge in [0, 0.05) is 24.2 Å². The molecule has 0 unspecified atom stereocenters. The minimum Gasteiger partial charge on any atom is -0.351 e. The molecule has 2 aliphatic rings. The third-order valence-corrected chi connectivity index (χ3v) is 1.69. The van der Waals surface area contributed by atoms with Crippen LogP contribution in [-0.4, -0.2) is 15.6 Å². The van der Waals surface area contributed by atoms with Crippen LogP contribution >= 0.6 is 0 Å². The SMILES string of the molecule is NC(=O)n1ccc2nccc-2c1. The Hall–Kier alpha value is -1.84. The third kappa shape index (κ3) is 0.934. The zero-order valence-corrected chi connectivity index (χ0v) is 6.27. The van der Waals surface area contributed by atoms with E-state index in [0.717, 1.165) is 11.3 Å². The molecule has 12 heavy (non-hydrogen) atoms. The topological polar surface area (TPSA) is 60.9 Å². The number of hydrogen-bond acceptors (Lipinski definition) is 2. The molecule has 0 aromatic heterocycles. The Kier molecular flexibility index (Phi) is 1.33. The molecule has 0 fully saturated rings. The second kappa shape index (κ2) is 2.34. The number of amides is 1. The molecule has 4 nitrogen and oxygen atoms in total. The van der Waals surface area contributed by atoms with E-state index in [1.54, 1.807) is 24.7 Å². The van der Waals surface area contributed by atoms with Gasteiger partial charge < -0.3 is 5.73 Å². The normalized spacial score (nSPS) is 10.3. The number of primary amides is 1. The van der Waals surface area contributed by atoms with Crippen LogP contribution in [0.3, 0.4) is 0 Å². The molecule has 0 aromatic rings. The van der Waals surface area contributed by atoms with Gasteiger partial charge in [-0.15, -0.1) is 0 Å². The molecule has 0 radical (unpaired) electrons. The van der Waals surface area contributed by atoms with Crippen LogP contribution in [0.4, 0.5) is 4.79 Å². The third-order valence-electron chi connectivity index (χ3n) is 1.69. The monoisotopic (exact) mass is 161 g/mol. The van der Waals surface area contributed by atoms with E-state index in [1.165, 1.54) is 4.57 Å². The van der Waals surface area contributed by atoms with E-state index >= 15 is 0 Å². The highest BCUT2D eigenvalue weighted by atomic mass is 16.2. The molecule has 0 aromatic carbocycles. The molecule has 0 atom stereocenters. The Balaban J connectivity index is 2.62. The van der Waals surface area contributed by atoms with Crippen LogP contribution in [0.2, 0.25) is 0 Å². The van der Waals surface area contributed by atoms with Crippen molar-refractivity contribution < 1.29 is 4.79 Å². The smallest absolute Gasteiger partial charge is 0.322 e. The quantitative estimate of drug-likeness (QED) is 0.624. The maximum atomic E-state index is 10.7. The van der Waals surface area contributed by atoms with E-state index < -0.39 is 6.03 Å². The summed E-state index contributed by atoms with van der Waals surface area (Å²) in [5, 5.41) is 0. The van der Waals surface area contributed by atoms with Crippen LogP contribution in [-0.2, 0) is 0 Å². The zero-order valence-electron chi connectivity index (χ0n) is 6.27. The minimum absolute atomic E-state index is 0.488. The number of aromatic nitrogens is 2. The lowest BCUT2D eigenvalue weighted by Gasteiger charge is -2.02. The molecule has 60 valence electrons. The summed E-state index contributed by atoms with van der Waals surface area (Å²) in [6, 6.07) is 3.09. The van der Waals surface area contributed by atoms with E-state index in [1.807, 2.05) is 6.07 Å². The van der Waals surface area contributed by atoms with Crippen molar-refractivity contribution in [1.29, 1.82) is 0 Å². The van der Waals surface area contributed by atoms with Gasteiger partial charge in [-0.25, -0.2) is 4.79 Å². The summed E-state index contributed by atoms with van der Waals surface area (Å²) in [7, 11) is 0. The standard InChI is InChI=1S/C8H7N3O/c9-8(12)11-4-2-7-6(5-11)1-3-10-7/h1-5H,(H2,9,12). The van der Waals surface area contributed by atoms with Crippen LogP contribution in [0.25, 0.3) is 11.3 Å². The number of pyridine rings is 1. The second-order valence-corrected chi connectivity index (χ2v) is 2.48. The molecule has 2 aliphatic heterocycles. The average Bonchev–Trinajstić information content (AvgIpc) is 2.49. The van der Waals surface area contributed by atoms with Crippen LogP contribution in [0.5, 0.6) is 0 Å². The first-order valence-electron chi connectivity index (χ1n) is 3.50. The molecule has 2 rings (SSSR count). The van der Waals surface area contributed by atoms with Crippen molar-refractivity contribution in [2.24, 2.45) is 5.73 Å². The van der Waals surface area contributed by atoms with E-state index in [9.17, 15) is 4.79 Å². The van der Waals surface area contributed by atoms with Gasteiger partial charge in [-0.2, -0.15) is 0 Å². The Morgan fingerprint density at radius 1 is 1.50 bits per heavy atom. The lowest BCUT2D eigenvalue weighted by Crippen LogP contribution is -2.19. The van der Waals surface area contributed by atoms with Crippen molar-refractivity contribution in [3.8, 4) is 11.3 Å². The molecular formula is C8H7N3O. The van der Waals surface area contributed by atoms with Gasteiger partial charge in [0.2, 0.25) is 0 Å². The maximum absolute atomic E-state index is 10.7. The van der Waals surface area contributed by atoms with Gasteiger partial charge in [0.1, 0.15) is 0 Å². The number of fused-ring (bicyclic) bond motifs is 1. The number of rotatable bonds is 0. The van der Waals surface area contributed by atoms with Gasteiger partial charge in [0.05, 0.1) is 5.69 Å². The van der Waals surface area contributed by atoms with Gasteiger partial charge in [-0.3, -0.25) is 9.55 Å². The molecule has 2 N–H and O–H groups in total. The van der Waals surface area contributed by atoms with E-state index in [2.05, 4.69) is 4.98 Å². The number of hydrogen-bond donors (Lipinski definition) is 1.